The average Bonchev–Trinajstić information content (AvgIpc) is 2.01. The second-order valence-electron chi connectivity index (χ2n) is 2.41. The number of aromatic nitrogens is 1. The predicted octanol–water partition coefficient (Wildman–Crippen LogP) is 1.95. The lowest BCUT2D eigenvalue weighted by molar-refractivity contribution is -0.0689. The molecule has 1 aromatic heterocycles. The van der Waals surface area contributed by atoms with Gasteiger partial charge >= 0.3 is 6.18 Å². The van der Waals surface area contributed by atoms with Crippen LogP contribution in [0.4, 0.5) is 13.2 Å². The molecule has 0 aliphatic rings. The molecular formula is C8H6F3NO. The lowest BCUT2D eigenvalue weighted by atomic mass is 10.2. The summed E-state index contributed by atoms with van der Waals surface area (Å²) >= 11 is 0. The maximum Gasteiger partial charge on any atom is 0.417 e. The molecule has 0 bridgehead atoms. The van der Waals surface area contributed by atoms with Crippen LogP contribution in [0.15, 0.2) is 29.6 Å². The molecule has 0 radical (unpaired) electrons. The number of pyridine rings is 1. The molecule has 13 heavy (non-hydrogen) atoms. The highest BCUT2D eigenvalue weighted by Gasteiger charge is 2.33. The second-order valence-corrected chi connectivity index (χ2v) is 2.41. The van der Waals surface area contributed by atoms with Crippen molar-refractivity contribution in [1.29, 1.82) is 0 Å². The van der Waals surface area contributed by atoms with Crippen molar-refractivity contribution in [2.24, 2.45) is 0 Å². The minimum absolute atomic E-state index is 0.306. The molecular weight excluding hydrogens is 183 g/mol. The number of nitrogens with one attached hydrogen (secondary N) is 1. The SMILES string of the molecule is C=C(c1cccc(=O)[nH]1)C(F)(F)F. The normalized spacial score (nSPS) is 11.3. The van der Waals surface area contributed by atoms with E-state index in [0.717, 1.165) is 12.1 Å². The summed E-state index contributed by atoms with van der Waals surface area (Å²) in [6.45, 7) is 2.84. The van der Waals surface area contributed by atoms with Crippen LogP contribution in [0.2, 0.25) is 0 Å². The first-order chi connectivity index (χ1) is 5.91. The molecule has 0 saturated carbocycles. The van der Waals surface area contributed by atoms with Crippen molar-refractivity contribution in [3.05, 3.63) is 40.8 Å². The van der Waals surface area contributed by atoms with Crippen LogP contribution in [0.1, 0.15) is 5.69 Å². The van der Waals surface area contributed by atoms with E-state index in [1.165, 1.54) is 6.07 Å². The minimum atomic E-state index is -4.51. The third-order valence-electron chi connectivity index (χ3n) is 1.44. The molecule has 0 unspecified atom stereocenters. The van der Waals surface area contributed by atoms with E-state index in [0.29, 0.717) is 0 Å². The fraction of sp³-hybridized carbons (Fsp3) is 0.125. The molecule has 0 aromatic carbocycles. The molecule has 1 N–H and O–H groups in total. The Kier molecular flexibility index (Phi) is 2.27. The average molecular weight is 189 g/mol. The third-order valence-corrected chi connectivity index (χ3v) is 1.44. The molecule has 0 saturated heterocycles. The fourth-order valence-electron chi connectivity index (χ4n) is 0.777. The van der Waals surface area contributed by atoms with Crippen LogP contribution in [0.5, 0.6) is 0 Å². The maximum absolute atomic E-state index is 12.0. The van der Waals surface area contributed by atoms with Gasteiger partial charge in [-0.3, -0.25) is 4.79 Å². The lowest BCUT2D eigenvalue weighted by Gasteiger charge is -2.08. The van der Waals surface area contributed by atoms with Crippen LogP contribution in [0.3, 0.4) is 0 Å². The van der Waals surface area contributed by atoms with Crippen LogP contribution in [0.25, 0.3) is 5.57 Å². The van der Waals surface area contributed by atoms with E-state index in [9.17, 15) is 18.0 Å². The Morgan fingerprint density at radius 1 is 1.38 bits per heavy atom. The van der Waals surface area contributed by atoms with Crippen molar-refractivity contribution >= 4 is 5.57 Å². The zero-order chi connectivity index (χ0) is 10.1. The Morgan fingerprint density at radius 2 is 2.00 bits per heavy atom. The maximum atomic E-state index is 12.0. The number of H-pyrrole nitrogens is 1. The molecule has 70 valence electrons. The van der Waals surface area contributed by atoms with Gasteiger partial charge in [0.2, 0.25) is 5.56 Å². The Balaban J connectivity index is 3.10. The monoisotopic (exact) mass is 189 g/mol. The smallest absolute Gasteiger partial charge is 0.322 e. The van der Waals surface area contributed by atoms with Crippen molar-refractivity contribution < 1.29 is 13.2 Å². The predicted molar refractivity (Wildman–Crippen MR) is 42.2 cm³/mol. The summed E-state index contributed by atoms with van der Waals surface area (Å²) in [6, 6.07) is 3.52. The lowest BCUT2D eigenvalue weighted by Crippen LogP contribution is -2.14. The summed E-state index contributed by atoms with van der Waals surface area (Å²) in [7, 11) is 0. The van der Waals surface area contributed by atoms with Gasteiger partial charge in [0.1, 0.15) is 0 Å². The molecule has 0 aliphatic heterocycles. The molecule has 0 aliphatic carbocycles. The van der Waals surface area contributed by atoms with Gasteiger partial charge in [-0.25, -0.2) is 0 Å². The number of hydrogen-bond donors (Lipinski definition) is 1. The van der Waals surface area contributed by atoms with Gasteiger partial charge in [0, 0.05) is 6.07 Å². The first-order valence-electron chi connectivity index (χ1n) is 3.37. The Hall–Kier alpha value is -1.52. The van der Waals surface area contributed by atoms with E-state index in [1.807, 2.05) is 4.98 Å². The molecule has 1 rings (SSSR count). The fourth-order valence-corrected chi connectivity index (χ4v) is 0.777. The van der Waals surface area contributed by atoms with Crippen LogP contribution in [0, 0.1) is 0 Å². The molecule has 0 atom stereocenters. The van der Waals surface area contributed by atoms with Gasteiger partial charge in [-0.2, -0.15) is 13.2 Å². The van der Waals surface area contributed by atoms with E-state index in [-0.39, 0.29) is 5.69 Å². The van der Waals surface area contributed by atoms with Crippen molar-refractivity contribution in [2.75, 3.05) is 0 Å². The third kappa shape index (κ3) is 2.21. The van der Waals surface area contributed by atoms with Gasteiger partial charge in [0.25, 0.3) is 0 Å². The highest BCUT2D eigenvalue weighted by molar-refractivity contribution is 5.64. The number of allylic oxidation sites excluding steroid dienone is 1. The van der Waals surface area contributed by atoms with Gasteiger partial charge in [-0.15, -0.1) is 0 Å². The van der Waals surface area contributed by atoms with Crippen LogP contribution in [-0.4, -0.2) is 11.2 Å². The Bertz CT molecular complexity index is 377. The Labute approximate surface area is 71.7 Å². The molecule has 0 amide bonds. The summed E-state index contributed by atoms with van der Waals surface area (Å²) < 4.78 is 36.1. The highest BCUT2D eigenvalue weighted by atomic mass is 19.4. The first-order valence-corrected chi connectivity index (χ1v) is 3.37. The van der Waals surface area contributed by atoms with Crippen LogP contribution >= 0.6 is 0 Å². The molecule has 2 nitrogen and oxygen atoms in total. The van der Waals surface area contributed by atoms with E-state index in [2.05, 4.69) is 6.58 Å². The van der Waals surface area contributed by atoms with Crippen molar-refractivity contribution in [1.82, 2.24) is 4.98 Å². The van der Waals surface area contributed by atoms with Crippen molar-refractivity contribution in [2.45, 2.75) is 6.18 Å². The number of hydrogen-bond acceptors (Lipinski definition) is 1. The van der Waals surface area contributed by atoms with E-state index in [4.69, 9.17) is 0 Å². The highest BCUT2D eigenvalue weighted by Crippen LogP contribution is 2.30. The number of alkyl halides is 3. The van der Waals surface area contributed by atoms with E-state index >= 15 is 0 Å². The topological polar surface area (TPSA) is 32.9 Å². The van der Waals surface area contributed by atoms with Gasteiger partial charge < -0.3 is 4.98 Å². The summed E-state index contributed by atoms with van der Waals surface area (Å²) in [5.41, 5.74) is -1.94. The molecule has 0 fully saturated rings. The van der Waals surface area contributed by atoms with E-state index in [1.54, 1.807) is 0 Å². The van der Waals surface area contributed by atoms with Gasteiger partial charge in [-0.1, -0.05) is 12.6 Å². The van der Waals surface area contributed by atoms with E-state index < -0.39 is 17.3 Å². The van der Waals surface area contributed by atoms with Crippen LogP contribution in [-0.2, 0) is 0 Å². The second kappa shape index (κ2) is 3.08. The van der Waals surface area contributed by atoms with Crippen LogP contribution < -0.4 is 5.56 Å². The quantitative estimate of drug-likeness (QED) is 0.719. The number of halogens is 3. The molecule has 5 heteroatoms. The zero-order valence-corrected chi connectivity index (χ0v) is 6.48. The molecule has 1 heterocycles. The number of rotatable bonds is 1. The largest absolute Gasteiger partial charge is 0.417 e. The first kappa shape index (κ1) is 9.57. The summed E-state index contributed by atoms with van der Waals surface area (Å²) in [6.07, 6.45) is -4.51. The van der Waals surface area contributed by atoms with Gasteiger partial charge in [0.15, 0.2) is 0 Å². The summed E-state index contributed by atoms with van der Waals surface area (Å²) in [5.74, 6) is 0. The summed E-state index contributed by atoms with van der Waals surface area (Å²) in [5, 5.41) is 0. The molecule has 0 spiro atoms. The van der Waals surface area contributed by atoms with Crippen molar-refractivity contribution in [3.8, 4) is 0 Å². The number of aromatic amines is 1. The Morgan fingerprint density at radius 3 is 2.46 bits per heavy atom. The van der Waals surface area contributed by atoms with Crippen molar-refractivity contribution in [3.63, 3.8) is 0 Å². The van der Waals surface area contributed by atoms with Gasteiger partial charge in [-0.05, 0) is 6.07 Å². The standard InChI is InChI=1S/C8H6F3NO/c1-5(8(9,10)11)6-3-2-4-7(13)12-6/h2-4H,1H2,(H,12,13). The summed E-state index contributed by atoms with van der Waals surface area (Å²) in [4.78, 5) is 12.7. The van der Waals surface area contributed by atoms with Gasteiger partial charge in [0.05, 0.1) is 11.3 Å². The minimum Gasteiger partial charge on any atom is -0.322 e. The zero-order valence-electron chi connectivity index (χ0n) is 6.48. The molecule has 1 aromatic rings.